The summed E-state index contributed by atoms with van der Waals surface area (Å²) in [6, 6.07) is 2.16. The Bertz CT molecular complexity index is 745. The first-order valence-electron chi connectivity index (χ1n) is 5.51. The van der Waals surface area contributed by atoms with Crippen LogP contribution in [-0.2, 0) is 23.6 Å². The maximum Gasteiger partial charge on any atom is 0.244 e. The molecule has 1 aromatic heterocycles. The lowest BCUT2D eigenvalue weighted by molar-refractivity contribution is 0.556. The van der Waals surface area contributed by atoms with Gasteiger partial charge in [-0.2, -0.15) is 0 Å². The second-order valence-corrected chi connectivity index (χ2v) is 6.26. The van der Waals surface area contributed by atoms with Crippen LogP contribution < -0.4 is 10.5 Å². The van der Waals surface area contributed by atoms with E-state index in [1.54, 1.807) is 17.8 Å². The number of hydrogen-bond acceptors (Lipinski definition) is 4. The van der Waals surface area contributed by atoms with E-state index >= 15 is 0 Å². The molecule has 2 aromatic rings. The van der Waals surface area contributed by atoms with Crippen molar-refractivity contribution in [2.75, 3.05) is 5.73 Å². The number of nitrogen functional groups attached to an aromatic ring is 1. The largest absolute Gasteiger partial charge is 0.396 e. The quantitative estimate of drug-likeness (QED) is 0.831. The van der Waals surface area contributed by atoms with E-state index in [1.165, 1.54) is 6.20 Å². The highest BCUT2D eigenvalue weighted by atomic mass is 35.5. The van der Waals surface area contributed by atoms with Gasteiger partial charge in [0.15, 0.2) is 5.82 Å². The third kappa shape index (κ3) is 2.92. The number of sulfonamides is 1. The minimum Gasteiger partial charge on any atom is -0.396 e. The number of hydrogen-bond donors (Lipinski definition) is 2. The lowest BCUT2D eigenvalue weighted by atomic mass is 10.3. The first-order chi connectivity index (χ1) is 9.31. The number of benzene rings is 1. The third-order valence-corrected chi connectivity index (χ3v) is 4.28. The van der Waals surface area contributed by atoms with Crippen molar-refractivity contribution >= 4 is 27.3 Å². The summed E-state index contributed by atoms with van der Waals surface area (Å²) in [5.74, 6) is -0.536. The van der Waals surface area contributed by atoms with Crippen molar-refractivity contribution in [1.82, 2.24) is 14.3 Å². The first-order valence-corrected chi connectivity index (χ1v) is 7.38. The molecule has 0 bridgehead atoms. The van der Waals surface area contributed by atoms with Crippen LogP contribution in [0, 0.1) is 5.82 Å². The van der Waals surface area contributed by atoms with Crippen LogP contribution in [-0.4, -0.2) is 18.0 Å². The highest BCUT2D eigenvalue weighted by Gasteiger charge is 2.22. The molecule has 0 saturated heterocycles. The minimum atomic E-state index is -4.07. The van der Waals surface area contributed by atoms with Crippen molar-refractivity contribution in [3.05, 3.63) is 41.2 Å². The summed E-state index contributed by atoms with van der Waals surface area (Å²) in [4.78, 5) is 3.38. The van der Waals surface area contributed by atoms with Gasteiger partial charge in [0.1, 0.15) is 10.7 Å². The van der Waals surface area contributed by atoms with Crippen molar-refractivity contribution < 1.29 is 12.8 Å². The Morgan fingerprint density at radius 3 is 2.80 bits per heavy atom. The summed E-state index contributed by atoms with van der Waals surface area (Å²) >= 11 is 5.70. The van der Waals surface area contributed by atoms with Gasteiger partial charge in [0.2, 0.25) is 10.0 Å². The van der Waals surface area contributed by atoms with Crippen molar-refractivity contribution in [2.45, 2.75) is 11.4 Å². The summed E-state index contributed by atoms with van der Waals surface area (Å²) in [6.45, 7) is -0.0717. The van der Waals surface area contributed by atoms with Crippen LogP contribution in [0.2, 0.25) is 5.02 Å². The number of aryl methyl sites for hydroxylation is 1. The van der Waals surface area contributed by atoms with Gasteiger partial charge in [-0.25, -0.2) is 22.5 Å². The van der Waals surface area contributed by atoms with E-state index in [0.29, 0.717) is 5.82 Å². The van der Waals surface area contributed by atoms with E-state index in [0.717, 1.165) is 12.1 Å². The van der Waals surface area contributed by atoms with Gasteiger partial charge in [-0.3, -0.25) is 0 Å². The summed E-state index contributed by atoms with van der Waals surface area (Å²) in [7, 11) is -2.35. The highest BCUT2D eigenvalue weighted by Crippen LogP contribution is 2.25. The first kappa shape index (κ1) is 14.8. The van der Waals surface area contributed by atoms with Crippen LogP contribution in [0.15, 0.2) is 29.4 Å². The highest BCUT2D eigenvalue weighted by molar-refractivity contribution is 7.89. The molecular weight excluding hydrogens is 307 g/mol. The molecule has 0 fully saturated rings. The van der Waals surface area contributed by atoms with E-state index in [9.17, 15) is 12.8 Å². The third-order valence-electron chi connectivity index (χ3n) is 2.66. The molecule has 0 aliphatic rings. The number of nitrogens with zero attached hydrogens (tertiary/aromatic N) is 2. The number of imidazole rings is 1. The fourth-order valence-electron chi connectivity index (χ4n) is 1.58. The van der Waals surface area contributed by atoms with E-state index < -0.39 is 20.7 Å². The van der Waals surface area contributed by atoms with E-state index in [2.05, 4.69) is 9.71 Å². The summed E-state index contributed by atoms with van der Waals surface area (Å²) in [5.41, 5.74) is 5.04. The fourth-order valence-corrected chi connectivity index (χ4v) is 2.99. The monoisotopic (exact) mass is 318 g/mol. The fraction of sp³-hybridized carbons (Fsp3) is 0.182. The minimum absolute atomic E-state index is 0.0428. The standard InChI is InChI=1S/C11H12ClFN4O2S/c1-17-3-2-15-10(17)6-16-20(18,19)9-5-7(12)4-8(14)11(9)13/h2-5,16H,6,14H2,1H3. The number of halogens is 2. The molecule has 1 heterocycles. The van der Waals surface area contributed by atoms with Crippen molar-refractivity contribution in [3.8, 4) is 0 Å². The van der Waals surface area contributed by atoms with Crippen LogP contribution >= 0.6 is 11.6 Å². The molecule has 9 heteroatoms. The molecule has 0 radical (unpaired) electrons. The van der Waals surface area contributed by atoms with E-state index in [-0.39, 0.29) is 17.3 Å². The van der Waals surface area contributed by atoms with Crippen LogP contribution in [0.4, 0.5) is 10.1 Å². The molecule has 0 amide bonds. The van der Waals surface area contributed by atoms with Crippen LogP contribution in [0.3, 0.4) is 0 Å². The normalized spacial score (nSPS) is 11.8. The molecule has 0 unspecified atom stereocenters. The van der Waals surface area contributed by atoms with Crippen molar-refractivity contribution in [2.24, 2.45) is 7.05 Å². The smallest absolute Gasteiger partial charge is 0.244 e. The zero-order valence-electron chi connectivity index (χ0n) is 10.5. The molecule has 108 valence electrons. The molecule has 3 N–H and O–H groups in total. The van der Waals surface area contributed by atoms with Crippen LogP contribution in [0.25, 0.3) is 0 Å². The molecule has 1 aromatic carbocycles. The van der Waals surface area contributed by atoms with Gasteiger partial charge in [0.25, 0.3) is 0 Å². The van der Waals surface area contributed by atoms with Gasteiger partial charge in [0.05, 0.1) is 12.2 Å². The molecule has 0 spiro atoms. The number of nitrogens with one attached hydrogen (secondary N) is 1. The predicted molar refractivity (Wildman–Crippen MR) is 73.1 cm³/mol. The van der Waals surface area contributed by atoms with Crippen LogP contribution in [0.5, 0.6) is 0 Å². The molecule has 0 aliphatic heterocycles. The lowest BCUT2D eigenvalue weighted by Gasteiger charge is -2.09. The van der Waals surface area contributed by atoms with Gasteiger partial charge < -0.3 is 10.3 Å². The molecule has 0 atom stereocenters. The Morgan fingerprint density at radius 1 is 1.50 bits per heavy atom. The number of nitrogens with two attached hydrogens (primary N) is 1. The number of aromatic nitrogens is 2. The van der Waals surface area contributed by atoms with Gasteiger partial charge >= 0.3 is 0 Å². The Balaban J connectivity index is 2.29. The average Bonchev–Trinajstić information content (AvgIpc) is 2.77. The predicted octanol–water partition coefficient (Wildman–Crippen LogP) is 1.27. The molecule has 20 heavy (non-hydrogen) atoms. The number of rotatable bonds is 4. The summed E-state index contributed by atoms with van der Waals surface area (Å²) < 4.78 is 41.8. The molecule has 2 rings (SSSR count). The molecule has 0 aliphatic carbocycles. The lowest BCUT2D eigenvalue weighted by Crippen LogP contribution is -2.26. The van der Waals surface area contributed by atoms with E-state index in [1.807, 2.05) is 0 Å². The van der Waals surface area contributed by atoms with Crippen LogP contribution in [0.1, 0.15) is 5.82 Å². The van der Waals surface area contributed by atoms with Crippen molar-refractivity contribution in [1.29, 1.82) is 0 Å². The molecule has 6 nitrogen and oxygen atoms in total. The van der Waals surface area contributed by atoms with E-state index in [4.69, 9.17) is 17.3 Å². The Hall–Kier alpha value is -1.64. The molecular formula is C11H12ClFN4O2S. The Morgan fingerprint density at radius 2 is 2.20 bits per heavy atom. The average molecular weight is 319 g/mol. The maximum absolute atomic E-state index is 13.8. The zero-order chi connectivity index (χ0) is 14.9. The van der Waals surface area contributed by atoms with Crippen molar-refractivity contribution in [3.63, 3.8) is 0 Å². The second kappa shape index (κ2) is 5.39. The zero-order valence-corrected chi connectivity index (χ0v) is 12.0. The summed E-state index contributed by atoms with van der Waals surface area (Å²) in [6.07, 6.45) is 3.20. The maximum atomic E-state index is 13.8. The second-order valence-electron chi connectivity index (χ2n) is 4.09. The Labute approximate surface area is 120 Å². The summed E-state index contributed by atoms with van der Waals surface area (Å²) in [5, 5.41) is 0.0428. The topological polar surface area (TPSA) is 90.0 Å². The molecule has 0 saturated carbocycles. The van der Waals surface area contributed by atoms with Gasteiger partial charge in [-0.15, -0.1) is 0 Å². The SMILES string of the molecule is Cn1ccnc1CNS(=O)(=O)c1cc(Cl)cc(N)c1F. The van der Waals surface area contributed by atoms with Gasteiger partial charge in [-0.1, -0.05) is 11.6 Å². The van der Waals surface area contributed by atoms with Gasteiger partial charge in [-0.05, 0) is 12.1 Å². The number of anilines is 1. The van der Waals surface area contributed by atoms with Gasteiger partial charge in [0, 0.05) is 24.5 Å². The Kier molecular flexibility index (Phi) is 3.98.